The van der Waals surface area contributed by atoms with Crippen LogP contribution in [0.1, 0.15) is 24.1 Å². The lowest BCUT2D eigenvalue weighted by molar-refractivity contribution is 0.735. The average Bonchev–Trinajstić information content (AvgIpc) is 2.78. The van der Waals surface area contributed by atoms with E-state index in [4.69, 9.17) is 0 Å². The summed E-state index contributed by atoms with van der Waals surface area (Å²) >= 11 is 4.10. The first kappa shape index (κ1) is 11.5. The molecule has 2 aromatic rings. The van der Waals surface area contributed by atoms with E-state index in [1.54, 1.807) is 12.7 Å². The van der Waals surface area contributed by atoms with Gasteiger partial charge in [-0.3, -0.25) is 3.97 Å². The van der Waals surface area contributed by atoms with Crippen molar-refractivity contribution in [3.05, 3.63) is 42.5 Å². The fourth-order valence-corrected chi connectivity index (χ4v) is 2.02. The summed E-state index contributed by atoms with van der Waals surface area (Å²) < 4.78 is 1.87. The third kappa shape index (κ3) is 2.76. The van der Waals surface area contributed by atoms with Crippen LogP contribution in [0, 0.1) is 0 Å². The second kappa shape index (κ2) is 5.36. The number of hydrogen-bond donors (Lipinski definition) is 1. The molecular formula is C10H12N4S2. The Morgan fingerprint density at radius 1 is 1.44 bits per heavy atom. The smallest absolute Gasteiger partial charge is 0.115 e. The second-order valence-electron chi connectivity index (χ2n) is 3.58. The van der Waals surface area contributed by atoms with E-state index in [1.807, 2.05) is 22.6 Å². The monoisotopic (exact) mass is 252 g/mol. The molecule has 0 aliphatic carbocycles. The first-order valence-electron chi connectivity index (χ1n) is 4.89. The van der Waals surface area contributed by atoms with Gasteiger partial charge in [0.2, 0.25) is 0 Å². The molecule has 0 aliphatic heterocycles. The number of nitrogens with zero attached hydrogens (tertiary/aromatic N) is 4. The predicted octanol–water partition coefficient (Wildman–Crippen LogP) is 2.36. The summed E-state index contributed by atoms with van der Waals surface area (Å²) in [5.41, 5.74) is 2.19. The molecule has 2 heterocycles. The minimum atomic E-state index is 0.370. The third-order valence-electron chi connectivity index (χ3n) is 2.37. The molecule has 0 radical (unpaired) electrons. The Hall–Kier alpha value is -1.01. The van der Waals surface area contributed by atoms with Crippen molar-refractivity contribution in [3.8, 4) is 0 Å². The molecule has 1 atom stereocenters. The summed E-state index contributed by atoms with van der Waals surface area (Å²) in [4.78, 5) is 12.3. The molecule has 6 heteroatoms. The molecule has 0 spiro atoms. The SMILES string of the molecule is CC(Cc1cn(SS)cn1)c1cncnc1. The van der Waals surface area contributed by atoms with Gasteiger partial charge in [-0.25, -0.2) is 15.0 Å². The Bertz CT molecular complexity index is 443. The van der Waals surface area contributed by atoms with Gasteiger partial charge in [-0.05, 0) is 17.9 Å². The number of rotatable bonds is 4. The lowest BCUT2D eigenvalue weighted by Gasteiger charge is -2.08. The Morgan fingerprint density at radius 2 is 2.19 bits per heavy atom. The zero-order valence-electron chi connectivity index (χ0n) is 8.82. The van der Waals surface area contributed by atoms with Crippen LogP contribution < -0.4 is 0 Å². The molecule has 0 saturated heterocycles. The van der Waals surface area contributed by atoms with Crippen LogP contribution in [0.5, 0.6) is 0 Å². The zero-order chi connectivity index (χ0) is 11.4. The number of imidazole rings is 1. The van der Waals surface area contributed by atoms with Crippen LogP contribution >= 0.6 is 22.6 Å². The minimum absolute atomic E-state index is 0.370. The van der Waals surface area contributed by atoms with Gasteiger partial charge in [0, 0.05) is 29.6 Å². The fraction of sp³-hybridized carbons (Fsp3) is 0.300. The highest BCUT2D eigenvalue weighted by atomic mass is 33.1. The van der Waals surface area contributed by atoms with Crippen LogP contribution in [0.15, 0.2) is 31.2 Å². The van der Waals surface area contributed by atoms with Gasteiger partial charge >= 0.3 is 0 Å². The predicted molar refractivity (Wildman–Crippen MR) is 68.4 cm³/mol. The van der Waals surface area contributed by atoms with Crippen LogP contribution in [0.2, 0.25) is 0 Å². The molecule has 0 fully saturated rings. The Balaban J connectivity index is 2.05. The van der Waals surface area contributed by atoms with E-state index in [-0.39, 0.29) is 0 Å². The molecule has 0 aromatic carbocycles. The van der Waals surface area contributed by atoms with E-state index in [0.717, 1.165) is 17.7 Å². The largest absolute Gasteiger partial charge is 0.271 e. The quantitative estimate of drug-likeness (QED) is 0.670. The van der Waals surface area contributed by atoms with E-state index in [9.17, 15) is 0 Å². The summed E-state index contributed by atoms with van der Waals surface area (Å²) in [5, 5.41) is 0. The van der Waals surface area contributed by atoms with Crippen LogP contribution in [0.4, 0.5) is 0 Å². The molecule has 16 heavy (non-hydrogen) atoms. The van der Waals surface area contributed by atoms with Crippen molar-refractivity contribution in [1.82, 2.24) is 18.9 Å². The molecule has 0 aliphatic rings. The van der Waals surface area contributed by atoms with Gasteiger partial charge < -0.3 is 0 Å². The number of hydrogen-bond acceptors (Lipinski definition) is 5. The summed E-state index contributed by atoms with van der Waals surface area (Å²) in [6.07, 6.45) is 9.88. The molecule has 2 rings (SSSR count). The molecule has 1 unspecified atom stereocenters. The van der Waals surface area contributed by atoms with Crippen molar-refractivity contribution in [2.45, 2.75) is 19.3 Å². The molecule has 0 N–H and O–H groups in total. The van der Waals surface area contributed by atoms with Gasteiger partial charge in [0.1, 0.15) is 12.7 Å². The third-order valence-corrected chi connectivity index (χ3v) is 3.33. The molecule has 0 saturated carbocycles. The van der Waals surface area contributed by atoms with E-state index >= 15 is 0 Å². The second-order valence-corrected chi connectivity index (χ2v) is 4.66. The average molecular weight is 252 g/mol. The van der Waals surface area contributed by atoms with Crippen molar-refractivity contribution in [3.63, 3.8) is 0 Å². The van der Waals surface area contributed by atoms with Crippen molar-refractivity contribution >= 4 is 22.6 Å². The normalized spacial score (nSPS) is 12.6. The molecule has 0 bridgehead atoms. The molecule has 84 valence electrons. The first-order chi connectivity index (χ1) is 7.79. The summed E-state index contributed by atoms with van der Waals surface area (Å²) in [6, 6.07) is 0. The molecule has 0 amide bonds. The molecule has 2 aromatic heterocycles. The highest BCUT2D eigenvalue weighted by Gasteiger charge is 2.09. The van der Waals surface area contributed by atoms with Crippen molar-refractivity contribution < 1.29 is 0 Å². The van der Waals surface area contributed by atoms with Crippen molar-refractivity contribution in [1.29, 1.82) is 0 Å². The molecule has 4 nitrogen and oxygen atoms in total. The van der Waals surface area contributed by atoms with Gasteiger partial charge in [-0.2, -0.15) is 0 Å². The standard InChI is InChI=1S/C10H12N4S2/c1-8(9-3-11-6-12-4-9)2-10-5-14(16-15)7-13-10/h3-8,15H,2H2,1H3. The van der Waals surface area contributed by atoms with Crippen LogP contribution in [-0.4, -0.2) is 18.9 Å². The number of thiol groups is 1. The Morgan fingerprint density at radius 3 is 2.81 bits per heavy atom. The van der Waals surface area contributed by atoms with Gasteiger partial charge in [-0.1, -0.05) is 18.6 Å². The van der Waals surface area contributed by atoms with Crippen LogP contribution in [0.25, 0.3) is 0 Å². The maximum absolute atomic E-state index is 4.30. The Labute approximate surface area is 103 Å². The lowest BCUT2D eigenvalue weighted by atomic mass is 9.99. The van der Waals surface area contributed by atoms with Crippen LogP contribution in [-0.2, 0) is 6.42 Å². The van der Waals surface area contributed by atoms with E-state index in [1.165, 1.54) is 11.0 Å². The fourth-order valence-electron chi connectivity index (χ4n) is 1.49. The van der Waals surface area contributed by atoms with Crippen molar-refractivity contribution in [2.24, 2.45) is 0 Å². The Kier molecular flexibility index (Phi) is 3.84. The van der Waals surface area contributed by atoms with E-state index in [2.05, 4.69) is 33.5 Å². The first-order valence-corrected chi connectivity index (χ1v) is 6.72. The van der Waals surface area contributed by atoms with Crippen LogP contribution in [0.3, 0.4) is 0 Å². The minimum Gasteiger partial charge on any atom is -0.271 e. The topological polar surface area (TPSA) is 43.6 Å². The van der Waals surface area contributed by atoms with E-state index in [0.29, 0.717) is 5.92 Å². The zero-order valence-corrected chi connectivity index (χ0v) is 10.5. The summed E-state index contributed by atoms with van der Waals surface area (Å²) in [5.74, 6) is 0.370. The van der Waals surface area contributed by atoms with Gasteiger partial charge in [0.25, 0.3) is 0 Å². The summed E-state index contributed by atoms with van der Waals surface area (Å²) in [7, 11) is 1.34. The maximum Gasteiger partial charge on any atom is 0.115 e. The van der Waals surface area contributed by atoms with Gasteiger partial charge in [0.15, 0.2) is 0 Å². The van der Waals surface area contributed by atoms with Gasteiger partial charge in [-0.15, -0.1) is 0 Å². The van der Waals surface area contributed by atoms with Crippen molar-refractivity contribution in [2.75, 3.05) is 0 Å². The van der Waals surface area contributed by atoms with E-state index < -0.39 is 0 Å². The number of aromatic nitrogens is 4. The van der Waals surface area contributed by atoms with Gasteiger partial charge in [0.05, 0.1) is 5.69 Å². The highest BCUT2D eigenvalue weighted by Crippen LogP contribution is 2.19. The highest BCUT2D eigenvalue weighted by molar-refractivity contribution is 8.67. The summed E-state index contributed by atoms with van der Waals surface area (Å²) in [6.45, 7) is 2.14. The molecular weight excluding hydrogens is 240 g/mol. The maximum atomic E-state index is 4.30. The lowest BCUT2D eigenvalue weighted by Crippen LogP contribution is -1.99.